The molecule has 2 aromatic heterocycles. The van der Waals surface area contributed by atoms with Crippen LogP contribution >= 0.6 is 11.3 Å². The van der Waals surface area contributed by atoms with E-state index in [1.165, 1.54) is 25.6 Å². The summed E-state index contributed by atoms with van der Waals surface area (Å²) in [4.78, 5) is 10.2. The minimum atomic E-state index is -1.99. The molecule has 0 aliphatic heterocycles. The molecule has 170 valence electrons. The molecule has 2 heterocycles. The van der Waals surface area contributed by atoms with Crippen molar-refractivity contribution in [3.63, 3.8) is 0 Å². The standard InChI is InChI=1S/C31H26GeN2S/c1-32(2,3)23-17-18-27-26(19-23)25(21-11-6-4-7-12-21)20-28(33-27)24-15-10-16-29-30(24)34-31(35-29)22-13-8-5-9-14-22/h4-20H,1-3H3. The Balaban J connectivity index is 1.60. The van der Waals surface area contributed by atoms with E-state index < -0.39 is 13.3 Å². The minimum absolute atomic E-state index is 0.969. The van der Waals surface area contributed by atoms with E-state index >= 15 is 0 Å². The summed E-state index contributed by atoms with van der Waals surface area (Å²) in [6, 6.07) is 36.7. The van der Waals surface area contributed by atoms with Gasteiger partial charge in [0.1, 0.15) is 0 Å². The predicted molar refractivity (Wildman–Crippen MR) is 154 cm³/mol. The summed E-state index contributed by atoms with van der Waals surface area (Å²) in [5.41, 5.74) is 7.70. The zero-order chi connectivity index (χ0) is 24.0. The van der Waals surface area contributed by atoms with E-state index in [2.05, 4.69) is 114 Å². The molecule has 4 heteroatoms. The van der Waals surface area contributed by atoms with Crippen molar-refractivity contribution < 1.29 is 0 Å². The zero-order valence-corrected chi connectivity index (χ0v) is 23.0. The summed E-state index contributed by atoms with van der Waals surface area (Å²) in [6.07, 6.45) is 0. The first kappa shape index (κ1) is 22.2. The number of nitrogens with zero attached hydrogens (tertiary/aromatic N) is 2. The van der Waals surface area contributed by atoms with Gasteiger partial charge in [-0.2, -0.15) is 0 Å². The number of hydrogen-bond donors (Lipinski definition) is 0. The number of thiazole rings is 1. The number of aromatic nitrogens is 2. The molecule has 0 spiro atoms. The van der Waals surface area contributed by atoms with E-state index in [-0.39, 0.29) is 0 Å². The van der Waals surface area contributed by atoms with Crippen molar-refractivity contribution >= 4 is 50.1 Å². The van der Waals surface area contributed by atoms with Crippen LogP contribution in [0.5, 0.6) is 0 Å². The van der Waals surface area contributed by atoms with Crippen LogP contribution in [-0.4, -0.2) is 23.2 Å². The van der Waals surface area contributed by atoms with Gasteiger partial charge in [-0.15, -0.1) is 0 Å². The molecule has 0 N–H and O–H groups in total. The topological polar surface area (TPSA) is 25.8 Å². The molecule has 0 aliphatic rings. The van der Waals surface area contributed by atoms with Gasteiger partial charge in [-0.05, 0) is 0 Å². The second-order valence-corrected chi connectivity index (χ2v) is 21.6. The Hall–Kier alpha value is -3.28. The molecule has 0 radical (unpaired) electrons. The van der Waals surface area contributed by atoms with E-state index in [1.807, 2.05) is 6.07 Å². The van der Waals surface area contributed by atoms with Crippen molar-refractivity contribution in [3.05, 3.63) is 103 Å². The molecule has 0 saturated carbocycles. The monoisotopic (exact) mass is 532 g/mol. The molecule has 0 bridgehead atoms. The van der Waals surface area contributed by atoms with Crippen molar-refractivity contribution in [1.82, 2.24) is 9.97 Å². The Kier molecular flexibility index (Phi) is 5.55. The molecule has 4 aromatic carbocycles. The summed E-state index contributed by atoms with van der Waals surface area (Å²) in [6.45, 7) is 0. The predicted octanol–water partition coefficient (Wildman–Crippen LogP) is 8.39. The van der Waals surface area contributed by atoms with Crippen LogP contribution in [0.4, 0.5) is 0 Å². The van der Waals surface area contributed by atoms with Gasteiger partial charge < -0.3 is 0 Å². The average Bonchev–Trinajstić information content (AvgIpc) is 3.33. The molecule has 0 atom stereocenters. The van der Waals surface area contributed by atoms with Gasteiger partial charge in [0.05, 0.1) is 0 Å². The van der Waals surface area contributed by atoms with E-state index in [0.29, 0.717) is 0 Å². The maximum absolute atomic E-state index is 5.17. The molecule has 6 rings (SSSR count). The average molecular weight is 531 g/mol. The second kappa shape index (κ2) is 8.74. The molecule has 0 amide bonds. The summed E-state index contributed by atoms with van der Waals surface area (Å²) in [5.74, 6) is 7.33. The third kappa shape index (κ3) is 4.20. The van der Waals surface area contributed by atoms with E-state index in [9.17, 15) is 0 Å². The number of fused-ring (bicyclic) bond motifs is 2. The quantitative estimate of drug-likeness (QED) is 0.214. The summed E-state index contributed by atoms with van der Waals surface area (Å²) < 4.78 is 2.68. The molecular formula is C31H26GeN2S. The van der Waals surface area contributed by atoms with Crippen molar-refractivity contribution in [2.75, 3.05) is 0 Å². The number of para-hydroxylation sites is 1. The van der Waals surface area contributed by atoms with Gasteiger partial charge in [0.25, 0.3) is 0 Å². The zero-order valence-electron chi connectivity index (χ0n) is 20.1. The first-order valence-corrected chi connectivity index (χ1v) is 20.1. The SMILES string of the molecule is [CH3][Ge]([CH3])([CH3])[c]1ccc2nc(-c3cccc4sc(-c5ccccc5)nc34)cc(-c3ccccc3)c2c1. The number of hydrogen-bond acceptors (Lipinski definition) is 3. The van der Waals surface area contributed by atoms with Crippen molar-refractivity contribution in [3.8, 4) is 33.0 Å². The Morgan fingerprint density at radius 1 is 0.629 bits per heavy atom. The molecule has 2 nitrogen and oxygen atoms in total. The van der Waals surface area contributed by atoms with E-state index in [4.69, 9.17) is 9.97 Å². The Morgan fingerprint density at radius 3 is 2.06 bits per heavy atom. The second-order valence-electron chi connectivity index (χ2n) is 9.94. The first-order chi connectivity index (χ1) is 17.0. The van der Waals surface area contributed by atoms with Gasteiger partial charge >= 0.3 is 195 Å². The maximum atomic E-state index is 5.17. The first-order valence-electron chi connectivity index (χ1n) is 11.9. The number of benzene rings is 4. The van der Waals surface area contributed by atoms with Crippen molar-refractivity contribution in [2.24, 2.45) is 0 Å². The van der Waals surface area contributed by atoms with Gasteiger partial charge in [0.2, 0.25) is 0 Å². The summed E-state index contributed by atoms with van der Waals surface area (Å²) >= 11 is -0.252. The molecule has 0 saturated heterocycles. The van der Waals surface area contributed by atoms with Crippen LogP contribution in [-0.2, 0) is 0 Å². The van der Waals surface area contributed by atoms with Gasteiger partial charge in [-0.1, -0.05) is 18.2 Å². The third-order valence-corrected chi connectivity index (χ3v) is 11.8. The van der Waals surface area contributed by atoms with Crippen LogP contribution < -0.4 is 4.40 Å². The molecule has 0 aliphatic carbocycles. The van der Waals surface area contributed by atoms with Crippen LogP contribution in [0.15, 0.2) is 103 Å². The van der Waals surface area contributed by atoms with E-state index in [1.54, 1.807) is 11.3 Å². The van der Waals surface area contributed by atoms with Crippen LogP contribution in [0.1, 0.15) is 0 Å². The molecular weight excluding hydrogens is 505 g/mol. The normalized spacial score (nSPS) is 11.9. The van der Waals surface area contributed by atoms with Gasteiger partial charge in [-0.3, -0.25) is 0 Å². The Morgan fingerprint density at radius 2 is 1.34 bits per heavy atom. The number of rotatable bonds is 4. The van der Waals surface area contributed by atoms with Crippen LogP contribution in [0.25, 0.3) is 54.1 Å². The molecule has 0 fully saturated rings. The fourth-order valence-corrected chi connectivity index (χ4v) is 7.98. The van der Waals surface area contributed by atoms with Gasteiger partial charge in [0.15, 0.2) is 0 Å². The van der Waals surface area contributed by atoms with Gasteiger partial charge in [-0.25, -0.2) is 0 Å². The third-order valence-electron chi connectivity index (χ3n) is 6.48. The molecule has 0 unspecified atom stereocenters. The Bertz CT molecular complexity index is 1670. The summed E-state index contributed by atoms with van der Waals surface area (Å²) in [7, 11) is 0. The van der Waals surface area contributed by atoms with Crippen LogP contribution in [0, 0.1) is 0 Å². The summed E-state index contributed by atoms with van der Waals surface area (Å²) in [5, 5.41) is 2.27. The fourth-order valence-electron chi connectivity index (χ4n) is 4.55. The fraction of sp³-hybridized carbons (Fsp3) is 0.0968. The molecule has 6 aromatic rings. The van der Waals surface area contributed by atoms with Gasteiger partial charge in [0, 0.05) is 0 Å². The van der Waals surface area contributed by atoms with Crippen LogP contribution in [0.2, 0.25) is 17.3 Å². The van der Waals surface area contributed by atoms with Crippen molar-refractivity contribution in [2.45, 2.75) is 17.3 Å². The van der Waals surface area contributed by atoms with Crippen molar-refractivity contribution in [1.29, 1.82) is 0 Å². The number of pyridine rings is 1. The molecule has 35 heavy (non-hydrogen) atoms. The van der Waals surface area contributed by atoms with Crippen LogP contribution in [0.3, 0.4) is 0 Å². The Labute approximate surface area is 212 Å². The van der Waals surface area contributed by atoms with E-state index in [0.717, 1.165) is 32.9 Å².